The van der Waals surface area contributed by atoms with Gasteiger partial charge in [-0.1, -0.05) is 12.2 Å². The van der Waals surface area contributed by atoms with E-state index in [4.69, 9.17) is 9.47 Å². The molecular weight excluding hydrogens is 128 g/mol. The molecule has 0 N–H and O–H groups in total. The van der Waals surface area contributed by atoms with Crippen molar-refractivity contribution in [3.05, 3.63) is 18.3 Å². The Morgan fingerprint density at radius 3 is 3.10 bits per heavy atom. The number of rotatable bonds is 1. The highest BCUT2D eigenvalue weighted by molar-refractivity contribution is 5.08. The fourth-order valence-electron chi connectivity index (χ4n) is 1.34. The SMILES string of the molecule is C1=CC([C]2CCCO2)OC1. The molecule has 1 radical (unpaired) electrons. The average Bonchev–Trinajstić information content (AvgIpc) is 2.59. The molecule has 2 heterocycles. The monoisotopic (exact) mass is 139 g/mol. The Hall–Kier alpha value is -0.340. The zero-order valence-electron chi connectivity index (χ0n) is 5.88. The molecule has 0 aliphatic carbocycles. The van der Waals surface area contributed by atoms with Gasteiger partial charge in [0.1, 0.15) is 12.2 Å². The summed E-state index contributed by atoms with van der Waals surface area (Å²) in [4.78, 5) is 0. The van der Waals surface area contributed by atoms with E-state index in [-0.39, 0.29) is 6.10 Å². The largest absolute Gasteiger partial charge is 0.369 e. The molecule has 0 aromatic carbocycles. The second kappa shape index (κ2) is 2.72. The minimum absolute atomic E-state index is 0.169. The topological polar surface area (TPSA) is 18.5 Å². The van der Waals surface area contributed by atoms with Crippen LogP contribution in [-0.4, -0.2) is 19.3 Å². The molecule has 0 aromatic heterocycles. The zero-order valence-corrected chi connectivity index (χ0v) is 5.88. The lowest BCUT2D eigenvalue weighted by Crippen LogP contribution is -2.15. The van der Waals surface area contributed by atoms with Gasteiger partial charge >= 0.3 is 0 Å². The summed E-state index contributed by atoms with van der Waals surface area (Å²) >= 11 is 0. The predicted molar refractivity (Wildman–Crippen MR) is 37.3 cm³/mol. The van der Waals surface area contributed by atoms with Gasteiger partial charge in [-0.15, -0.1) is 0 Å². The normalized spacial score (nSPS) is 33.8. The third kappa shape index (κ3) is 1.09. The van der Waals surface area contributed by atoms with Crippen molar-refractivity contribution in [3.8, 4) is 0 Å². The molecule has 2 heteroatoms. The standard InChI is InChI=1S/C8H11O2/c1-3-7(9-5-1)8-4-2-6-10-8/h1,3,7H,2,4-6H2. The second-order valence-corrected chi connectivity index (χ2v) is 2.60. The Bertz CT molecular complexity index is 136. The van der Waals surface area contributed by atoms with Crippen LogP contribution in [0.5, 0.6) is 0 Å². The summed E-state index contributed by atoms with van der Waals surface area (Å²) in [5.74, 6) is 0. The summed E-state index contributed by atoms with van der Waals surface area (Å²) in [5.41, 5.74) is 0. The molecule has 0 spiro atoms. The van der Waals surface area contributed by atoms with Crippen LogP contribution in [0, 0.1) is 6.10 Å². The van der Waals surface area contributed by atoms with Crippen molar-refractivity contribution in [1.29, 1.82) is 0 Å². The molecule has 1 unspecified atom stereocenters. The number of ether oxygens (including phenoxy) is 2. The highest BCUT2D eigenvalue weighted by atomic mass is 16.5. The molecule has 1 saturated heterocycles. The molecule has 2 aliphatic heterocycles. The van der Waals surface area contributed by atoms with Gasteiger partial charge in [-0.3, -0.25) is 0 Å². The maximum Gasteiger partial charge on any atom is 0.130 e. The smallest absolute Gasteiger partial charge is 0.130 e. The van der Waals surface area contributed by atoms with Crippen molar-refractivity contribution in [2.45, 2.75) is 18.9 Å². The molecule has 55 valence electrons. The molecule has 0 aromatic rings. The summed E-state index contributed by atoms with van der Waals surface area (Å²) in [7, 11) is 0. The van der Waals surface area contributed by atoms with E-state index in [1.54, 1.807) is 0 Å². The molecule has 0 amide bonds. The Kier molecular flexibility index (Phi) is 1.74. The molecule has 0 saturated carbocycles. The zero-order chi connectivity index (χ0) is 6.81. The van der Waals surface area contributed by atoms with Crippen LogP contribution >= 0.6 is 0 Å². The summed E-state index contributed by atoms with van der Waals surface area (Å²) in [5, 5.41) is 0. The van der Waals surface area contributed by atoms with Gasteiger partial charge in [0, 0.05) is 6.61 Å². The van der Waals surface area contributed by atoms with E-state index in [0.717, 1.165) is 32.2 Å². The van der Waals surface area contributed by atoms with E-state index < -0.39 is 0 Å². The van der Waals surface area contributed by atoms with Crippen LogP contribution in [0.4, 0.5) is 0 Å². The van der Waals surface area contributed by atoms with Crippen LogP contribution in [0.1, 0.15) is 12.8 Å². The summed E-state index contributed by atoms with van der Waals surface area (Å²) in [6, 6.07) is 0. The van der Waals surface area contributed by atoms with Gasteiger partial charge in [-0.05, 0) is 12.8 Å². The Morgan fingerprint density at radius 1 is 1.50 bits per heavy atom. The minimum Gasteiger partial charge on any atom is -0.369 e. The molecule has 2 rings (SSSR count). The van der Waals surface area contributed by atoms with Gasteiger partial charge in [0.15, 0.2) is 0 Å². The lowest BCUT2D eigenvalue weighted by atomic mass is 10.1. The van der Waals surface area contributed by atoms with Crippen molar-refractivity contribution in [1.82, 2.24) is 0 Å². The first kappa shape index (κ1) is 6.38. The first-order valence-corrected chi connectivity index (χ1v) is 3.73. The van der Waals surface area contributed by atoms with Crippen LogP contribution in [-0.2, 0) is 9.47 Å². The van der Waals surface area contributed by atoms with Gasteiger partial charge in [-0.25, -0.2) is 0 Å². The molecule has 10 heavy (non-hydrogen) atoms. The second-order valence-electron chi connectivity index (χ2n) is 2.60. The molecule has 1 fully saturated rings. The molecule has 2 nitrogen and oxygen atoms in total. The van der Waals surface area contributed by atoms with Gasteiger partial charge in [-0.2, -0.15) is 0 Å². The summed E-state index contributed by atoms with van der Waals surface area (Å²) in [6.07, 6.45) is 7.63. The van der Waals surface area contributed by atoms with Crippen LogP contribution in [0.3, 0.4) is 0 Å². The van der Waals surface area contributed by atoms with E-state index in [9.17, 15) is 0 Å². The minimum atomic E-state index is 0.169. The van der Waals surface area contributed by atoms with Gasteiger partial charge in [0.2, 0.25) is 0 Å². The Morgan fingerprint density at radius 2 is 2.50 bits per heavy atom. The fourth-order valence-corrected chi connectivity index (χ4v) is 1.34. The lowest BCUT2D eigenvalue weighted by Gasteiger charge is -2.13. The Labute approximate surface area is 60.8 Å². The third-order valence-electron chi connectivity index (χ3n) is 1.86. The summed E-state index contributed by atoms with van der Waals surface area (Å²) in [6.45, 7) is 1.63. The van der Waals surface area contributed by atoms with E-state index in [1.807, 2.05) is 6.08 Å². The maximum absolute atomic E-state index is 5.38. The van der Waals surface area contributed by atoms with Gasteiger partial charge < -0.3 is 9.47 Å². The third-order valence-corrected chi connectivity index (χ3v) is 1.86. The van der Waals surface area contributed by atoms with Crippen LogP contribution < -0.4 is 0 Å². The summed E-state index contributed by atoms with van der Waals surface area (Å²) < 4.78 is 10.7. The van der Waals surface area contributed by atoms with Crippen molar-refractivity contribution >= 4 is 0 Å². The van der Waals surface area contributed by atoms with E-state index >= 15 is 0 Å². The highest BCUT2D eigenvalue weighted by Gasteiger charge is 2.27. The quantitative estimate of drug-likeness (QED) is 0.509. The average molecular weight is 139 g/mol. The predicted octanol–water partition coefficient (Wildman–Crippen LogP) is 1.28. The molecule has 2 aliphatic rings. The fraction of sp³-hybridized carbons (Fsp3) is 0.625. The van der Waals surface area contributed by atoms with Crippen molar-refractivity contribution in [2.75, 3.05) is 13.2 Å². The number of hydrogen-bond acceptors (Lipinski definition) is 2. The maximum atomic E-state index is 5.38. The molecular formula is C8H11O2. The molecule has 0 bridgehead atoms. The van der Waals surface area contributed by atoms with Crippen LogP contribution in [0.25, 0.3) is 0 Å². The first-order chi connectivity index (χ1) is 4.97. The van der Waals surface area contributed by atoms with Gasteiger partial charge in [0.05, 0.1) is 6.61 Å². The van der Waals surface area contributed by atoms with Crippen LogP contribution in [0.15, 0.2) is 12.2 Å². The van der Waals surface area contributed by atoms with Crippen molar-refractivity contribution in [2.24, 2.45) is 0 Å². The van der Waals surface area contributed by atoms with Crippen molar-refractivity contribution in [3.63, 3.8) is 0 Å². The van der Waals surface area contributed by atoms with E-state index in [1.165, 1.54) is 0 Å². The van der Waals surface area contributed by atoms with E-state index in [0.29, 0.717) is 0 Å². The molecule has 1 atom stereocenters. The van der Waals surface area contributed by atoms with E-state index in [2.05, 4.69) is 6.08 Å². The Balaban J connectivity index is 1.91. The lowest BCUT2D eigenvalue weighted by molar-refractivity contribution is 0.0589. The van der Waals surface area contributed by atoms with Crippen molar-refractivity contribution < 1.29 is 9.47 Å². The number of hydrogen-bond donors (Lipinski definition) is 0. The van der Waals surface area contributed by atoms with Gasteiger partial charge in [0.25, 0.3) is 0 Å². The van der Waals surface area contributed by atoms with Crippen LogP contribution in [0.2, 0.25) is 0 Å². The first-order valence-electron chi connectivity index (χ1n) is 3.73. The highest BCUT2D eigenvalue weighted by Crippen LogP contribution is 2.27.